The number of nitrogens with one attached hydrogen (secondary N) is 1. The SMILES string of the molecule is CCCCCCCNCl. The molecule has 1 nitrogen and oxygen atoms in total. The number of hydrogen-bond donors (Lipinski definition) is 1. The van der Waals surface area contributed by atoms with Crippen LogP contribution in [0.2, 0.25) is 0 Å². The molecule has 0 saturated heterocycles. The Morgan fingerprint density at radius 3 is 2.33 bits per heavy atom. The summed E-state index contributed by atoms with van der Waals surface area (Å²) in [5.74, 6) is 0. The molecule has 0 aliphatic heterocycles. The fourth-order valence-electron chi connectivity index (χ4n) is 0.795. The van der Waals surface area contributed by atoms with E-state index >= 15 is 0 Å². The van der Waals surface area contributed by atoms with E-state index in [1.54, 1.807) is 0 Å². The van der Waals surface area contributed by atoms with Crippen molar-refractivity contribution in [2.24, 2.45) is 0 Å². The van der Waals surface area contributed by atoms with Crippen LogP contribution >= 0.6 is 11.8 Å². The monoisotopic (exact) mass is 149 g/mol. The van der Waals surface area contributed by atoms with Crippen LogP contribution in [0.3, 0.4) is 0 Å². The lowest BCUT2D eigenvalue weighted by atomic mass is 10.2. The fraction of sp³-hybridized carbons (Fsp3) is 1.00. The van der Waals surface area contributed by atoms with Gasteiger partial charge in [-0.2, -0.15) is 0 Å². The summed E-state index contributed by atoms with van der Waals surface area (Å²) in [6.45, 7) is 3.17. The minimum absolute atomic E-state index is 0.950. The third-order valence-electron chi connectivity index (χ3n) is 1.37. The molecule has 0 bridgehead atoms. The fourth-order valence-corrected chi connectivity index (χ4v) is 0.929. The van der Waals surface area contributed by atoms with Crippen LogP contribution in [0, 0.1) is 0 Å². The molecule has 0 heterocycles. The second-order valence-corrected chi connectivity index (χ2v) is 2.57. The quantitative estimate of drug-likeness (QED) is 0.453. The predicted molar refractivity (Wildman–Crippen MR) is 42.6 cm³/mol. The Morgan fingerprint density at radius 2 is 1.78 bits per heavy atom. The average molecular weight is 150 g/mol. The van der Waals surface area contributed by atoms with E-state index in [4.69, 9.17) is 11.8 Å². The topological polar surface area (TPSA) is 12.0 Å². The van der Waals surface area contributed by atoms with Crippen LogP contribution in [0.1, 0.15) is 39.0 Å². The molecule has 0 atom stereocenters. The van der Waals surface area contributed by atoms with Crippen LogP contribution in [-0.4, -0.2) is 6.54 Å². The third kappa shape index (κ3) is 8.25. The third-order valence-corrected chi connectivity index (χ3v) is 1.56. The molecular weight excluding hydrogens is 134 g/mol. The number of hydrogen-bond acceptors (Lipinski definition) is 1. The zero-order valence-electron chi connectivity index (χ0n) is 6.12. The van der Waals surface area contributed by atoms with Crippen molar-refractivity contribution < 1.29 is 0 Å². The molecule has 0 spiro atoms. The first-order valence-electron chi connectivity index (χ1n) is 3.75. The van der Waals surface area contributed by atoms with Gasteiger partial charge in [-0.05, 0) is 18.2 Å². The largest absolute Gasteiger partial charge is 0.234 e. The molecule has 2 heteroatoms. The zero-order chi connectivity index (χ0) is 6.95. The minimum Gasteiger partial charge on any atom is -0.234 e. The number of rotatable bonds is 6. The van der Waals surface area contributed by atoms with Crippen molar-refractivity contribution in [2.45, 2.75) is 39.0 Å². The molecule has 0 rings (SSSR count). The Morgan fingerprint density at radius 1 is 1.11 bits per heavy atom. The Hall–Kier alpha value is 0.250. The van der Waals surface area contributed by atoms with E-state index in [-0.39, 0.29) is 0 Å². The van der Waals surface area contributed by atoms with Crippen molar-refractivity contribution in [1.29, 1.82) is 0 Å². The first kappa shape index (κ1) is 9.25. The zero-order valence-corrected chi connectivity index (χ0v) is 6.88. The van der Waals surface area contributed by atoms with E-state index in [0.29, 0.717) is 0 Å². The molecule has 9 heavy (non-hydrogen) atoms. The first-order valence-corrected chi connectivity index (χ1v) is 4.13. The second kappa shape index (κ2) is 8.25. The lowest BCUT2D eigenvalue weighted by Gasteiger charge is -1.96. The van der Waals surface area contributed by atoms with Gasteiger partial charge in [-0.1, -0.05) is 32.6 Å². The average Bonchev–Trinajstić information content (AvgIpc) is 1.89. The van der Waals surface area contributed by atoms with E-state index in [1.165, 1.54) is 32.1 Å². The van der Waals surface area contributed by atoms with Crippen molar-refractivity contribution >= 4 is 11.8 Å². The van der Waals surface area contributed by atoms with Gasteiger partial charge in [0.25, 0.3) is 0 Å². The Kier molecular flexibility index (Phi) is 8.48. The van der Waals surface area contributed by atoms with Crippen LogP contribution in [-0.2, 0) is 0 Å². The van der Waals surface area contributed by atoms with E-state index in [0.717, 1.165) is 6.54 Å². The van der Waals surface area contributed by atoms with Gasteiger partial charge in [0.1, 0.15) is 0 Å². The lowest BCUT2D eigenvalue weighted by molar-refractivity contribution is 0.628. The van der Waals surface area contributed by atoms with Crippen LogP contribution in [0.5, 0.6) is 0 Å². The second-order valence-electron chi connectivity index (χ2n) is 2.30. The summed E-state index contributed by atoms with van der Waals surface area (Å²) in [4.78, 5) is 2.62. The summed E-state index contributed by atoms with van der Waals surface area (Å²) in [7, 11) is 0. The summed E-state index contributed by atoms with van der Waals surface area (Å²) in [5.41, 5.74) is 0. The summed E-state index contributed by atoms with van der Waals surface area (Å²) in [6, 6.07) is 0. The molecule has 0 unspecified atom stereocenters. The number of unbranched alkanes of at least 4 members (excludes halogenated alkanes) is 4. The first-order chi connectivity index (χ1) is 4.41. The van der Waals surface area contributed by atoms with Gasteiger partial charge in [-0.15, -0.1) is 0 Å². The van der Waals surface area contributed by atoms with Crippen molar-refractivity contribution in [3.63, 3.8) is 0 Å². The van der Waals surface area contributed by atoms with Crippen LogP contribution in [0.25, 0.3) is 0 Å². The molecule has 0 aromatic rings. The molecule has 0 amide bonds. The molecular formula is C7H16ClN. The maximum atomic E-state index is 5.26. The molecule has 0 aromatic heterocycles. The van der Waals surface area contributed by atoms with Gasteiger partial charge in [0.05, 0.1) is 0 Å². The van der Waals surface area contributed by atoms with Gasteiger partial charge in [-0.25, -0.2) is 4.84 Å². The molecule has 0 fully saturated rings. The Labute approximate surface area is 62.9 Å². The van der Waals surface area contributed by atoms with Crippen molar-refractivity contribution in [3.8, 4) is 0 Å². The maximum absolute atomic E-state index is 5.26. The summed E-state index contributed by atoms with van der Waals surface area (Å²) in [5, 5.41) is 0. The Balaban J connectivity index is 2.60. The smallest absolute Gasteiger partial charge is 0.0108 e. The molecule has 56 valence electrons. The summed E-state index contributed by atoms with van der Waals surface area (Å²) in [6.07, 6.45) is 6.56. The molecule has 0 aromatic carbocycles. The highest BCUT2D eigenvalue weighted by molar-refractivity contribution is 6.13. The molecule has 0 aliphatic carbocycles. The lowest BCUT2D eigenvalue weighted by Crippen LogP contribution is -1.99. The number of halogens is 1. The van der Waals surface area contributed by atoms with E-state index in [2.05, 4.69) is 11.8 Å². The van der Waals surface area contributed by atoms with Gasteiger partial charge in [0, 0.05) is 6.54 Å². The summed E-state index contributed by atoms with van der Waals surface area (Å²) >= 11 is 5.26. The predicted octanol–water partition coefficient (Wildman–Crippen LogP) is 2.70. The normalized spacial score (nSPS) is 10.0. The standard InChI is InChI=1S/C7H16ClN/c1-2-3-4-5-6-7-9-8/h9H,2-7H2,1H3. The molecule has 1 N–H and O–H groups in total. The van der Waals surface area contributed by atoms with Crippen molar-refractivity contribution in [2.75, 3.05) is 6.54 Å². The van der Waals surface area contributed by atoms with Gasteiger partial charge in [-0.3, -0.25) is 0 Å². The van der Waals surface area contributed by atoms with Gasteiger partial charge in [0.2, 0.25) is 0 Å². The van der Waals surface area contributed by atoms with E-state index < -0.39 is 0 Å². The van der Waals surface area contributed by atoms with Crippen LogP contribution in [0.4, 0.5) is 0 Å². The van der Waals surface area contributed by atoms with E-state index in [1.807, 2.05) is 0 Å². The van der Waals surface area contributed by atoms with E-state index in [9.17, 15) is 0 Å². The minimum atomic E-state index is 0.950. The Bertz CT molecular complexity index is 42.2. The van der Waals surface area contributed by atoms with Crippen LogP contribution in [0.15, 0.2) is 0 Å². The van der Waals surface area contributed by atoms with Crippen LogP contribution < -0.4 is 4.84 Å². The highest BCUT2D eigenvalue weighted by atomic mass is 35.5. The highest BCUT2D eigenvalue weighted by Crippen LogP contribution is 2.00. The van der Waals surface area contributed by atoms with Crippen molar-refractivity contribution in [1.82, 2.24) is 4.84 Å². The molecule has 0 saturated carbocycles. The van der Waals surface area contributed by atoms with Gasteiger partial charge < -0.3 is 0 Å². The van der Waals surface area contributed by atoms with Crippen molar-refractivity contribution in [3.05, 3.63) is 0 Å². The molecule has 0 radical (unpaired) electrons. The summed E-state index contributed by atoms with van der Waals surface area (Å²) < 4.78 is 0. The van der Waals surface area contributed by atoms with Gasteiger partial charge >= 0.3 is 0 Å². The maximum Gasteiger partial charge on any atom is 0.0108 e. The highest BCUT2D eigenvalue weighted by Gasteiger charge is 1.85. The molecule has 0 aliphatic rings. The van der Waals surface area contributed by atoms with Gasteiger partial charge in [0.15, 0.2) is 0 Å².